The summed E-state index contributed by atoms with van der Waals surface area (Å²) in [6.45, 7) is 2.14. The Hall–Kier alpha value is -4.68. The third-order valence-electron chi connectivity index (χ3n) is 8.04. The molecule has 0 saturated heterocycles. The first-order valence-electron chi connectivity index (χ1n) is 13.3. The molecule has 0 N–H and O–H groups in total. The zero-order valence-corrected chi connectivity index (χ0v) is 21.4. The molecule has 0 heteroatoms. The second-order valence-corrected chi connectivity index (χ2v) is 10.2. The van der Waals surface area contributed by atoms with Crippen molar-refractivity contribution in [3.8, 4) is 33.4 Å². The smallest absolute Gasteiger partial charge is 0.0622 e. The molecule has 38 heavy (non-hydrogen) atoms. The molecule has 0 bridgehead atoms. The van der Waals surface area contributed by atoms with Gasteiger partial charge < -0.3 is 0 Å². The summed E-state index contributed by atoms with van der Waals surface area (Å²) in [7, 11) is 0. The number of aryl methyl sites for hydroxylation is 1. The van der Waals surface area contributed by atoms with Crippen molar-refractivity contribution in [1.29, 1.82) is 0 Å². The van der Waals surface area contributed by atoms with E-state index in [2.05, 4.69) is 159 Å². The SMILES string of the molecule is Cc1ccc(-c2ccc3c(c2)C(c2ccccc2)(c2ccccc2)c2cc(-c4ccccc4)ccc2-3)cc1. The Morgan fingerprint density at radius 3 is 1.24 bits per heavy atom. The van der Waals surface area contributed by atoms with Gasteiger partial charge in [0, 0.05) is 0 Å². The normalized spacial score (nSPS) is 13.1. The van der Waals surface area contributed by atoms with Gasteiger partial charge in [0.05, 0.1) is 5.41 Å². The summed E-state index contributed by atoms with van der Waals surface area (Å²) < 4.78 is 0. The molecule has 0 unspecified atom stereocenters. The quantitative estimate of drug-likeness (QED) is 0.233. The van der Waals surface area contributed by atoms with Crippen molar-refractivity contribution in [3.63, 3.8) is 0 Å². The molecule has 0 atom stereocenters. The topological polar surface area (TPSA) is 0 Å². The molecule has 0 radical (unpaired) electrons. The average Bonchev–Trinajstić information content (AvgIpc) is 3.28. The third kappa shape index (κ3) is 3.45. The lowest BCUT2D eigenvalue weighted by molar-refractivity contribution is 0.769. The van der Waals surface area contributed by atoms with Gasteiger partial charge in [-0.2, -0.15) is 0 Å². The van der Waals surface area contributed by atoms with Gasteiger partial charge in [-0.1, -0.05) is 145 Å². The fourth-order valence-corrected chi connectivity index (χ4v) is 6.22. The Labute approximate surface area is 224 Å². The molecule has 7 rings (SSSR count). The average molecular weight is 485 g/mol. The fourth-order valence-electron chi connectivity index (χ4n) is 6.22. The standard InChI is InChI=1S/C38H28/c1-27-17-19-29(20-18-27)31-22-24-35-34-23-21-30(28-11-5-2-6-12-28)25-36(34)38(37(35)26-31,32-13-7-3-8-14-32)33-15-9-4-10-16-33/h2-26H,1H3. The molecule has 0 spiro atoms. The minimum atomic E-state index is -0.418. The van der Waals surface area contributed by atoms with E-state index in [0.717, 1.165) is 0 Å². The molecule has 1 aliphatic carbocycles. The minimum absolute atomic E-state index is 0.418. The summed E-state index contributed by atoms with van der Waals surface area (Å²) in [6.07, 6.45) is 0. The van der Waals surface area contributed by atoms with Gasteiger partial charge >= 0.3 is 0 Å². The lowest BCUT2D eigenvalue weighted by atomic mass is 9.67. The summed E-state index contributed by atoms with van der Waals surface area (Å²) in [4.78, 5) is 0. The van der Waals surface area contributed by atoms with E-state index < -0.39 is 5.41 Å². The predicted octanol–water partition coefficient (Wildman–Crippen LogP) is 9.69. The Morgan fingerprint density at radius 2 is 0.763 bits per heavy atom. The highest BCUT2D eigenvalue weighted by molar-refractivity contribution is 5.90. The molecule has 6 aromatic carbocycles. The molecular weight excluding hydrogens is 456 g/mol. The van der Waals surface area contributed by atoms with Crippen LogP contribution in [0.15, 0.2) is 152 Å². The lowest BCUT2D eigenvalue weighted by Crippen LogP contribution is -2.28. The molecule has 0 fully saturated rings. The zero-order chi connectivity index (χ0) is 25.5. The maximum atomic E-state index is 2.43. The predicted molar refractivity (Wildman–Crippen MR) is 159 cm³/mol. The van der Waals surface area contributed by atoms with Crippen LogP contribution in [0.3, 0.4) is 0 Å². The Kier molecular flexibility index (Phi) is 5.34. The van der Waals surface area contributed by atoms with Gasteiger partial charge in [-0.25, -0.2) is 0 Å². The van der Waals surface area contributed by atoms with Crippen LogP contribution < -0.4 is 0 Å². The van der Waals surface area contributed by atoms with Crippen LogP contribution in [-0.4, -0.2) is 0 Å². The van der Waals surface area contributed by atoms with Crippen LogP contribution in [0.4, 0.5) is 0 Å². The first kappa shape index (κ1) is 22.5. The Morgan fingerprint density at radius 1 is 0.368 bits per heavy atom. The lowest BCUT2D eigenvalue weighted by Gasteiger charge is -2.34. The summed E-state index contributed by atoms with van der Waals surface area (Å²) in [5, 5.41) is 0. The molecular formula is C38H28. The fraction of sp³-hybridized carbons (Fsp3) is 0.0526. The molecule has 0 amide bonds. The Bertz CT molecular complexity index is 1690. The molecule has 6 aromatic rings. The maximum absolute atomic E-state index is 2.43. The first-order valence-corrected chi connectivity index (χ1v) is 13.3. The van der Waals surface area contributed by atoms with E-state index >= 15 is 0 Å². The summed E-state index contributed by atoms with van der Waals surface area (Å²) in [5.41, 5.74) is 13.7. The second-order valence-electron chi connectivity index (χ2n) is 10.2. The van der Waals surface area contributed by atoms with Crippen LogP contribution in [0.25, 0.3) is 33.4 Å². The van der Waals surface area contributed by atoms with Crippen molar-refractivity contribution >= 4 is 0 Å². The van der Waals surface area contributed by atoms with Crippen LogP contribution in [0, 0.1) is 6.92 Å². The molecule has 180 valence electrons. The van der Waals surface area contributed by atoms with Crippen molar-refractivity contribution in [2.24, 2.45) is 0 Å². The molecule has 0 saturated carbocycles. The van der Waals surface area contributed by atoms with E-state index in [4.69, 9.17) is 0 Å². The number of rotatable bonds is 4. The van der Waals surface area contributed by atoms with Crippen molar-refractivity contribution in [3.05, 3.63) is 179 Å². The van der Waals surface area contributed by atoms with Crippen molar-refractivity contribution in [2.75, 3.05) is 0 Å². The monoisotopic (exact) mass is 484 g/mol. The van der Waals surface area contributed by atoms with Gasteiger partial charge in [0.1, 0.15) is 0 Å². The van der Waals surface area contributed by atoms with Crippen LogP contribution in [-0.2, 0) is 5.41 Å². The number of benzene rings is 6. The van der Waals surface area contributed by atoms with Gasteiger partial charge in [0.2, 0.25) is 0 Å². The molecule has 0 nitrogen and oxygen atoms in total. The summed E-state index contributed by atoms with van der Waals surface area (Å²) in [6, 6.07) is 55.7. The van der Waals surface area contributed by atoms with Crippen molar-refractivity contribution in [2.45, 2.75) is 12.3 Å². The number of fused-ring (bicyclic) bond motifs is 3. The van der Waals surface area contributed by atoms with Crippen LogP contribution in [0.5, 0.6) is 0 Å². The van der Waals surface area contributed by atoms with Gasteiger partial charge in [-0.3, -0.25) is 0 Å². The van der Waals surface area contributed by atoms with E-state index in [9.17, 15) is 0 Å². The van der Waals surface area contributed by atoms with E-state index in [0.29, 0.717) is 0 Å². The van der Waals surface area contributed by atoms with E-state index in [-0.39, 0.29) is 0 Å². The highest BCUT2D eigenvalue weighted by Crippen LogP contribution is 2.57. The third-order valence-corrected chi connectivity index (χ3v) is 8.04. The highest BCUT2D eigenvalue weighted by atomic mass is 14.5. The maximum Gasteiger partial charge on any atom is 0.0713 e. The number of hydrogen-bond acceptors (Lipinski definition) is 0. The van der Waals surface area contributed by atoms with Crippen molar-refractivity contribution in [1.82, 2.24) is 0 Å². The largest absolute Gasteiger partial charge is 0.0713 e. The van der Waals surface area contributed by atoms with Crippen LogP contribution in [0.1, 0.15) is 27.8 Å². The zero-order valence-electron chi connectivity index (χ0n) is 21.4. The van der Waals surface area contributed by atoms with Gasteiger partial charge in [0.15, 0.2) is 0 Å². The first-order chi connectivity index (χ1) is 18.7. The van der Waals surface area contributed by atoms with E-state index in [1.165, 1.54) is 61.2 Å². The summed E-state index contributed by atoms with van der Waals surface area (Å²) >= 11 is 0. The van der Waals surface area contributed by atoms with E-state index in [1.54, 1.807) is 0 Å². The molecule has 0 heterocycles. The van der Waals surface area contributed by atoms with Gasteiger partial charge in [0.25, 0.3) is 0 Å². The molecule has 0 aliphatic heterocycles. The van der Waals surface area contributed by atoms with Gasteiger partial charge in [-0.05, 0) is 74.7 Å². The Balaban J connectivity index is 1.57. The van der Waals surface area contributed by atoms with E-state index in [1.807, 2.05) is 0 Å². The number of hydrogen-bond donors (Lipinski definition) is 0. The second kappa shape index (κ2) is 9.01. The van der Waals surface area contributed by atoms with Crippen LogP contribution >= 0.6 is 0 Å². The minimum Gasteiger partial charge on any atom is -0.0622 e. The van der Waals surface area contributed by atoms with Crippen LogP contribution in [0.2, 0.25) is 0 Å². The molecule has 0 aromatic heterocycles. The van der Waals surface area contributed by atoms with Gasteiger partial charge in [-0.15, -0.1) is 0 Å². The highest BCUT2D eigenvalue weighted by Gasteiger charge is 2.46. The van der Waals surface area contributed by atoms with Crippen molar-refractivity contribution < 1.29 is 0 Å². The molecule has 1 aliphatic rings. The summed E-state index contributed by atoms with van der Waals surface area (Å²) in [5.74, 6) is 0.